The summed E-state index contributed by atoms with van der Waals surface area (Å²) in [5, 5.41) is 5.21. The highest BCUT2D eigenvalue weighted by molar-refractivity contribution is 5.98. The van der Waals surface area contributed by atoms with E-state index < -0.39 is 11.8 Å². The SMILES string of the molecule is COc1ccc(NC(=O)CNC(=O)CN(Cc2ccc(F)cc2)C(=O)c2ccc(C)cc2)cc1. The summed E-state index contributed by atoms with van der Waals surface area (Å²) in [7, 11) is 1.55. The lowest BCUT2D eigenvalue weighted by atomic mass is 10.1. The van der Waals surface area contributed by atoms with E-state index in [4.69, 9.17) is 4.74 Å². The van der Waals surface area contributed by atoms with Gasteiger partial charge >= 0.3 is 0 Å². The van der Waals surface area contributed by atoms with Gasteiger partial charge < -0.3 is 20.3 Å². The maximum Gasteiger partial charge on any atom is 0.254 e. The molecule has 0 atom stereocenters. The first-order valence-electron chi connectivity index (χ1n) is 10.6. The van der Waals surface area contributed by atoms with Crippen LogP contribution in [0.5, 0.6) is 5.75 Å². The molecule has 7 nitrogen and oxygen atoms in total. The third-order valence-electron chi connectivity index (χ3n) is 5.03. The monoisotopic (exact) mass is 463 g/mol. The molecule has 0 saturated heterocycles. The van der Waals surface area contributed by atoms with E-state index in [9.17, 15) is 18.8 Å². The van der Waals surface area contributed by atoms with Crippen LogP contribution in [0.1, 0.15) is 21.5 Å². The Labute approximate surface area is 197 Å². The van der Waals surface area contributed by atoms with E-state index in [1.54, 1.807) is 55.6 Å². The lowest BCUT2D eigenvalue weighted by molar-refractivity contribution is -0.124. The van der Waals surface area contributed by atoms with Crippen LogP contribution in [0, 0.1) is 12.7 Å². The van der Waals surface area contributed by atoms with Gasteiger partial charge in [-0.15, -0.1) is 0 Å². The molecule has 3 aromatic carbocycles. The Morgan fingerprint density at radius 2 is 1.53 bits per heavy atom. The zero-order chi connectivity index (χ0) is 24.5. The van der Waals surface area contributed by atoms with Crippen molar-refractivity contribution in [2.24, 2.45) is 0 Å². The number of nitrogens with one attached hydrogen (secondary N) is 2. The van der Waals surface area contributed by atoms with Crippen LogP contribution >= 0.6 is 0 Å². The summed E-state index contributed by atoms with van der Waals surface area (Å²) in [5.74, 6) is -0.977. The molecule has 2 N–H and O–H groups in total. The molecule has 34 heavy (non-hydrogen) atoms. The van der Waals surface area contributed by atoms with Crippen molar-refractivity contribution in [3.8, 4) is 5.75 Å². The number of hydrogen-bond donors (Lipinski definition) is 2. The van der Waals surface area contributed by atoms with Gasteiger partial charge in [-0.1, -0.05) is 29.8 Å². The fraction of sp³-hybridized carbons (Fsp3) is 0.192. The van der Waals surface area contributed by atoms with Gasteiger partial charge in [0.05, 0.1) is 13.7 Å². The molecule has 0 saturated carbocycles. The summed E-state index contributed by atoms with van der Waals surface area (Å²) in [6, 6.07) is 19.5. The fourth-order valence-electron chi connectivity index (χ4n) is 3.18. The number of nitrogens with zero attached hydrogens (tertiary/aromatic N) is 1. The summed E-state index contributed by atoms with van der Waals surface area (Å²) in [4.78, 5) is 39.2. The molecule has 0 aliphatic heterocycles. The normalized spacial score (nSPS) is 10.3. The van der Waals surface area contributed by atoms with Gasteiger partial charge in [0.15, 0.2) is 0 Å². The number of carbonyl (C=O) groups is 3. The average molecular weight is 464 g/mol. The number of amides is 3. The van der Waals surface area contributed by atoms with Crippen molar-refractivity contribution < 1.29 is 23.5 Å². The van der Waals surface area contributed by atoms with Gasteiger partial charge in [0.2, 0.25) is 11.8 Å². The molecule has 8 heteroatoms. The minimum absolute atomic E-state index is 0.110. The van der Waals surface area contributed by atoms with Gasteiger partial charge in [0, 0.05) is 17.8 Å². The predicted molar refractivity (Wildman–Crippen MR) is 127 cm³/mol. The molecule has 3 amide bonds. The quantitative estimate of drug-likeness (QED) is 0.508. The number of methoxy groups -OCH3 is 1. The maximum absolute atomic E-state index is 13.3. The van der Waals surface area contributed by atoms with E-state index >= 15 is 0 Å². The maximum atomic E-state index is 13.3. The van der Waals surface area contributed by atoms with Crippen molar-refractivity contribution >= 4 is 23.4 Å². The Bertz CT molecular complexity index is 1130. The second-order valence-electron chi connectivity index (χ2n) is 7.71. The smallest absolute Gasteiger partial charge is 0.254 e. The third kappa shape index (κ3) is 7.16. The molecule has 3 rings (SSSR count). The van der Waals surface area contributed by atoms with Gasteiger partial charge in [0.25, 0.3) is 5.91 Å². The fourth-order valence-corrected chi connectivity index (χ4v) is 3.18. The molecule has 0 unspecified atom stereocenters. The van der Waals surface area contributed by atoms with E-state index in [1.807, 2.05) is 19.1 Å². The summed E-state index contributed by atoms with van der Waals surface area (Å²) in [6.07, 6.45) is 0. The second-order valence-corrected chi connectivity index (χ2v) is 7.71. The molecule has 0 bridgehead atoms. The Kier molecular flexibility index (Phi) is 8.34. The van der Waals surface area contributed by atoms with Crippen LogP contribution in [0.2, 0.25) is 0 Å². The van der Waals surface area contributed by atoms with E-state index in [2.05, 4.69) is 10.6 Å². The van der Waals surface area contributed by atoms with Crippen molar-refractivity contribution in [2.45, 2.75) is 13.5 Å². The summed E-state index contributed by atoms with van der Waals surface area (Å²) >= 11 is 0. The van der Waals surface area contributed by atoms with E-state index in [-0.39, 0.29) is 31.4 Å². The van der Waals surface area contributed by atoms with Crippen LogP contribution in [0.25, 0.3) is 0 Å². The van der Waals surface area contributed by atoms with Gasteiger partial charge in [-0.3, -0.25) is 14.4 Å². The van der Waals surface area contributed by atoms with Crippen molar-refractivity contribution in [3.63, 3.8) is 0 Å². The number of ether oxygens (including phenoxy) is 1. The molecule has 0 aliphatic carbocycles. The number of hydrogen-bond acceptors (Lipinski definition) is 4. The Balaban J connectivity index is 1.62. The van der Waals surface area contributed by atoms with Gasteiger partial charge in [0.1, 0.15) is 18.1 Å². The van der Waals surface area contributed by atoms with Crippen LogP contribution in [0.4, 0.5) is 10.1 Å². The number of halogens is 1. The van der Waals surface area contributed by atoms with Crippen molar-refractivity contribution in [1.82, 2.24) is 10.2 Å². The zero-order valence-electron chi connectivity index (χ0n) is 19.0. The predicted octanol–water partition coefficient (Wildman–Crippen LogP) is 3.54. The summed E-state index contributed by atoms with van der Waals surface area (Å²) < 4.78 is 18.4. The van der Waals surface area contributed by atoms with Gasteiger partial charge in [-0.2, -0.15) is 0 Å². The van der Waals surface area contributed by atoms with Crippen LogP contribution in [0.3, 0.4) is 0 Å². The van der Waals surface area contributed by atoms with E-state index in [0.717, 1.165) is 5.56 Å². The molecular formula is C26H26FN3O4. The molecule has 0 aromatic heterocycles. The minimum Gasteiger partial charge on any atom is -0.497 e. The van der Waals surface area contributed by atoms with Crippen LogP contribution in [0.15, 0.2) is 72.8 Å². The molecule has 176 valence electrons. The first-order valence-corrected chi connectivity index (χ1v) is 10.6. The molecule has 0 fully saturated rings. The highest BCUT2D eigenvalue weighted by Gasteiger charge is 2.20. The summed E-state index contributed by atoms with van der Waals surface area (Å²) in [5.41, 5.74) is 2.67. The Morgan fingerprint density at radius 3 is 2.15 bits per heavy atom. The lowest BCUT2D eigenvalue weighted by Gasteiger charge is -2.22. The highest BCUT2D eigenvalue weighted by Crippen LogP contribution is 2.15. The van der Waals surface area contributed by atoms with Crippen LogP contribution < -0.4 is 15.4 Å². The number of aryl methyl sites for hydroxylation is 1. The zero-order valence-corrected chi connectivity index (χ0v) is 19.0. The van der Waals surface area contributed by atoms with Crippen LogP contribution in [-0.2, 0) is 16.1 Å². The molecule has 0 heterocycles. The molecular weight excluding hydrogens is 437 g/mol. The average Bonchev–Trinajstić information content (AvgIpc) is 2.84. The van der Waals surface area contributed by atoms with E-state index in [1.165, 1.54) is 17.0 Å². The topological polar surface area (TPSA) is 87.7 Å². The lowest BCUT2D eigenvalue weighted by Crippen LogP contribution is -2.42. The van der Waals surface area contributed by atoms with Crippen molar-refractivity contribution in [2.75, 3.05) is 25.5 Å². The molecule has 0 spiro atoms. The van der Waals surface area contributed by atoms with Crippen molar-refractivity contribution in [1.29, 1.82) is 0 Å². The third-order valence-corrected chi connectivity index (χ3v) is 5.03. The van der Waals surface area contributed by atoms with Gasteiger partial charge in [-0.05, 0) is 61.0 Å². The first kappa shape index (κ1) is 24.4. The Hall–Kier alpha value is -4.20. The molecule has 3 aromatic rings. The van der Waals surface area contributed by atoms with Crippen molar-refractivity contribution in [3.05, 3.63) is 95.3 Å². The highest BCUT2D eigenvalue weighted by atomic mass is 19.1. The first-order chi connectivity index (χ1) is 16.3. The van der Waals surface area contributed by atoms with Gasteiger partial charge in [-0.25, -0.2) is 4.39 Å². The molecule has 0 aliphatic rings. The van der Waals surface area contributed by atoms with Crippen LogP contribution in [-0.4, -0.2) is 42.8 Å². The second kappa shape index (κ2) is 11.6. The number of rotatable bonds is 9. The number of anilines is 1. The van der Waals surface area contributed by atoms with E-state index in [0.29, 0.717) is 22.6 Å². The number of benzene rings is 3. The minimum atomic E-state index is -0.493. The standard InChI is InChI=1S/C26H26FN3O4/c1-18-3-7-20(8-4-18)26(33)30(16-19-5-9-21(27)10-6-19)17-25(32)28-15-24(31)29-22-11-13-23(34-2)14-12-22/h3-14H,15-17H2,1-2H3,(H,28,32)(H,29,31). The molecule has 0 radical (unpaired) electrons. The Morgan fingerprint density at radius 1 is 0.882 bits per heavy atom. The number of carbonyl (C=O) groups excluding carboxylic acids is 3. The largest absolute Gasteiger partial charge is 0.497 e. The summed E-state index contributed by atoms with van der Waals surface area (Å²) in [6.45, 7) is 1.50.